The molecule has 1 aromatic rings. The van der Waals surface area contributed by atoms with E-state index in [9.17, 15) is 9.59 Å². The fourth-order valence-corrected chi connectivity index (χ4v) is 4.10. The molecule has 2 amide bonds. The Kier molecular flexibility index (Phi) is 5.30. The van der Waals surface area contributed by atoms with Gasteiger partial charge in [0.2, 0.25) is 17.7 Å². The van der Waals surface area contributed by atoms with E-state index in [1.165, 1.54) is 0 Å². The third-order valence-electron chi connectivity index (χ3n) is 5.31. The van der Waals surface area contributed by atoms with Crippen LogP contribution in [0.3, 0.4) is 0 Å². The van der Waals surface area contributed by atoms with E-state index in [2.05, 4.69) is 5.10 Å². The second-order valence-corrected chi connectivity index (χ2v) is 7.00. The zero-order valence-electron chi connectivity index (χ0n) is 15.5. The van der Waals surface area contributed by atoms with Gasteiger partial charge in [0.05, 0.1) is 31.0 Å². The molecule has 7 heteroatoms. The Balaban J connectivity index is 1.77. The molecule has 2 aliphatic rings. The number of aryl methyl sites for hydroxylation is 2. The molecule has 0 bridgehead atoms. The molecule has 25 heavy (non-hydrogen) atoms. The van der Waals surface area contributed by atoms with Crippen LogP contribution in [0.15, 0.2) is 0 Å². The minimum Gasteiger partial charge on any atom is -0.481 e. The van der Waals surface area contributed by atoms with Crippen molar-refractivity contribution in [3.05, 3.63) is 11.3 Å². The number of hydrogen-bond acceptors (Lipinski definition) is 4. The molecule has 2 saturated heterocycles. The Bertz CT molecular complexity index is 655. The average molecular weight is 348 g/mol. The maximum absolute atomic E-state index is 12.9. The number of methoxy groups -OCH3 is 1. The molecule has 138 valence electrons. The zero-order chi connectivity index (χ0) is 18.0. The van der Waals surface area contributed by atoms with Crippen molar-refractivity contribution in [2.75, 3.05) is 26.7 Å². The summed E-state index contributed by atoms with van der Waals surface area (Å²) >= 11 is 0. The van der Waals surface area contributed by atoms with Crippen molar-refractivity contribution in [3.63, 3.8) is 0 Å². The lowest BCUT2D eigenvalue weighted by Gasteiger charge is -2.28. The zero-order valence-corrected chi connectivity index (χ0v) is 15.5. The van der Waals surface area contributed by atoms with Crippen molar-refractivity contribution in [2.45, 2.75) is 51.5 Å². The third-order valence-corrected chi connectivity index (χ3v) is 5.31. The number of nitrogens with zero attached hydrogens (tertiary/aromatic N) is 4. The SMILES string of the molecule is COc1c([C@@H]2CCCN2C(=O)CN2CCCCCC2=O)c(C)nn1C. The van der Waals surface area contributed by atoms with E-state index in [1.807, 2.05) is 18.9 Å². The molecule has 1 aromatic heterocycles. The molecule has 0 N–H and O–H groups in total. The predicted octanol–water partition coefficient (Wildman–Crippen LogP) is 1.80. The Labute approximate surface area is 148 Å². The van der Waals surface area contributed by atoms with Crippen molar-refractivity contribution in [1.29, 1.82) is 0 Å². The van der Waals surface area contributed by atoms with Crippen molar-refractivity contribution in [3.8, 4) is 5.88 Å². The summed E-state index contributed by atoms with van der Waals surface area (Å²) in [6.07, 6.45) is 5.41. The van der Waals surface area contributed by atoms with Crippen molar-refractivity contribution in [2.24, 2.45) is 7.05 Å². The van der Waals surface area contributed by atoms with E-state index >= 15 is 0 Å². The molecule has 0 saturated carbocycles. The highest BCUT2D eigenvalue weighted by Gasteiger charge is 2.35. The van der Waals surface area contributed by atoms with Crippen LogP contribution >= 0.6 is 0 Å². The summed E-state index contributed by atoms with van der Waals surface area (Å²) in [5.41, 5.74) is 1.90. The molecule has 0 aliphatic carbocycles. The fourth-order valence-electron chi connectivity index (χ4n) is 4.10. The summed E-state index contributed by atoms with van der Waals surface area (Å²) in [7, 11) is 3.49. The van der Waals surface area contributed by atoms with Crippen LogP contribution < -0.4 is 4.74 Å². The number of carbonyl (C=O) groups is 2. The summed E-state index contributed by atoms with van der Waals surface area (Å²) < 4.78 is 7.25. The van der Waals surface area contributed by atoms with Gasteiger partial charge in [-0.3, -0.25) is 9.59 Å². The molecule has 2 fully saturated rings. The van der Waals surface area contributed by atoms with Gasteiger partial charge in [-0.1, -0.05) is 6.42 Å². The van der Waals surface area contributed by atoms with Crippen LogP contribution in [0.25, 0.3) is 0 Å². The number of hydrogen-bond donors (Lipinski definition) is 0. The maximum Gasteiger partial charge on any atom is 0.242 e. The molecule has 0 unspecified atom stereocenters. The lowest BCUT2D eigenvalue weighted by atomic mass is 10.0. The molecule has 1 atom stereocenters. The van der Waals surface area contributed by atoms with E-state index in [0.29, 0.717) is 18.8 Å². The largest absolute Gasteiger partial charge is 0.481 e. The predicted molar refractivity (Wildman–Crippen MR) is 93.2 cm³/mol. The van der Waals surface area contributed by atoms with Crippen molar-refractivity contribution < 1.29 is 14.3 Å². The second-order valence-electron chi connectivity index (χ2n) is 7.00. The molecular formula is C18H28N4O3. The van der Waals surface area contributed by atoms with Crippen molar-refractivity contribution >= 4 is 11.8 Å². The van der Waals surface area contributed by atoms with Crippen LogP contribution in [0.2, 0.25) is 0 Å². The highest BCUT2D eigenvalue weighted by atomic mass is 16.5. The van der Waals surface area contributed by atoms with E-state index < -0.39 is 0 Å². The second kappa shape index (κ2) is 7.45. The molecule has 0 aromatic carbocycles. The Morgan fingerprint density at radius 2 is 2.04 bits per heavy atom. The van der Waals surface area contributed by atoms with E-state index in [0.717, 1.165) is 49.9 Å². The third kappa shape index (κ3) is 3.50. The first-order valence-corrected chi connectivity index (χ1v) is 9.17. The summed E-state index contributed by atoms with van der Waals surface area (Å²) in [4.78, 5) is 28.8. The quantitative estimate of drug-likeness (QED) is 0.832. The van der Waals surface area contributed by atoms with Gasteiger partial charge in [0, 0.05) is 26.6 Å². The topological polar surface area (TPSA) is 67.7 Å². The molecule has 3 heterocycles. The minimum absolute atomic E-state index is 0.0155. The van der Waals surface area contributed by atoms with Crippen molar-refractivity contribution in [1.82, 2.24) is 19.6 Å². The molecule has 2 aliphatic heterocycles. The highest BCUT2D eigenvalue weighted by Crippen LogP contribution is 2.38. The van der Waals surface area contributed by atoms with Gasteiger partial charge in [0.25, 0.3) is 0 Å². The van der Waals surface area contributed by atoms with Crippen LogP contribution in [0.5, 0.6) is 5.88 Å². The van der Waals surface area contributed by atoms with Gasteiger partial charge in [-0.25, -0.2) is 4.68 Å². The first-order chi connectivity index (χ1) is 12.0. The summed E-state index contributed by atoms with van der Waals surface area (Å²) in [6, 6.07) is -0.0155. The lowest BCUT2D eigenvalue weighted by Crippen LogP contribution is -2.42. The first-order valence-electron chi connectivity index (χ1n) is 9.17. The van der Waals surface area contributed by atoms with E-state index in [1.54, 1.807) is 16.7 Å². The molecular weight excluding hydrogens is 320 g/mol. The first kappa shape index (κ1) is 17.8. The number of carbonyl (C=O) groups excluding carboxylic acids is 2. The Morgan fingerprint density at radius 1 is 1.24 bits per heavy atom. The standard InChI is InChI=1S/C18H28N4O3/c1-13-17(18(25-3)20(2)19-13)14-8-7-11-22(14)16(24)12-21-10-6-4-5-9-15(21)23/h14H,4-12H2,1-3H3/t14-/m0/s1. The number of rotatable bonds is 4. The van der Waals surface area contributed by atoms with Crippen LogP contribution in [0.4, 0.5) is 0 Å². The van der Waals surface area contributed by atoms with Gasteiger partial charge in [0.15, 0.2) is 0 Å². The highest BCUT2D eigenvalue weighted by molar-refractivity contribution is 5.85. The van der Waals surface area contributed by atoms with Gasteiger partial charge in [-0.2, -0.15) is 5.10 Å². The smallest absolute Gasteiger partial charge is 0.242 e. The normalized spacial score (nSPS) is 21.6. The molecule has 0 radical (unpaired) electrons. The van der Waals surface area contributed by atoms with Gasteiger partial charge in [-0.15, -0.1) is 0 Å². The van der Waals surface area contributed by atoms with E-state index in [-0.39, 0.29) is 24.4 Å². The number of ether oxygens (including phenoxy) is 1. The maximum atomic E-state index is 12.9. The van der Waals surface area contributed by atoms with Crippen LogP contribution in [-0.2, 0) is 16.6 Å². The molecule has 3 rings (SSSR count). The minimum atomic E-state index is -0.0155. The Hall–Kier alpha value is -2.05. The van der Waals surface area contributed by atoms with Gasteiger partial charge in [-0.05, 0) is 32.6 Å². The molecule has 7 nitrogen and oxygen atoms in total. The monoisotopic (exact) mass is 348 g/mol. The van der Waals surface area contributed by atoms with Gasteiger partial charge >= 0.3 is 0 Å². The number of likely N-dealkylation sites (tertiary alicyclic amines) is 2. The summed E-state index contributed by atoms with van der Waals surface area (Å²) in [5, 5.41) is 4.45. The fraction of sp³-hybridized carbons (Fsp3) is 0.722. The van der Waals surface area contributed by atoms with Crippen LogP contribution in [0.1, 0.15) is 55.8 Å². The summed E-state index contributed by atoms with van der Waals surface area (Å²) in [5.74, 6) is 0.854. The van der Waals surface area contributed by atoms with Gasteiger partial charge < -0.3 is 14.5 Å². The number of aromatic nitrogens is 2. The van der Waals surface area contributed by atoms with Gasteiger partial charge in [0.1, 0.15) is 0 Å². The lowest BCUT2D eigenvalue weighted by molar-refractivity contribution is -0.140. The summed E-state index contributed by atoms with van der Waals surface area (Å²) in [6.45, 7) is 3.56. The number of amides is 2. The Morgan fingerprint density at radius 3 is 2.80 bits per heavy atom. The average Bonchev–Trinajstić information content (AvgIpc) is 3.10. The van der Waals surface area contributed by atoms with Crippen LogP contribution in [-0.4, -0.2) is 58.1 Å². The van der Waals surface area contributed by atoms with Crippen LogP contribution in [0, 0.1) is 6.92 Å². The molecule has 0 spiro atoms. The van der Waals surface area contributed by atoms with E-state index in [4.69, 9.17) is 4.74 Å².